The number of halogens is 1. The van der Waals surface area contributed by atoms with Gasteiger partial charge in [0.15, 0.2) is 11.5 Å². The molecule has 3 atom stereocenters. The van der Waals surface area contributed by atoms with Gasteiger partial charge in [0, 0.05) is 6.54 Å². The largest absolute Gasteiger partial charge is 0.493 e. The summed E-state index contributed by atoms with van der Waals surface area (Å²) in [6, 6.07) is 8.19. The molecule has 7 nitrogen and oxygen atoms in total. The van der Waals surface area contributed by atoms with Gasteiger partial charge in [-0.05, 0) is 53.3 Å². The first-order chi connectivity index (χ1) is 15.8. The highest BCUT2D eigenvalue weighted by atomic mass is 19.1. The molecule has 2 amide bonds. The first-order valence-corrected chi connectivity index (χ1v) is 11.0. The summed E-state index contributed by atoms with van der Waals surface area (Å²) in [7, 11) is 4.44. The maximum atomic E-state index is 13.7. The van der Waals surface area contributed by atoms with Crippen LogP contribution in [0.15, 0.2) is 36.4 Å². The molecule has 0 radical (unpaired) electrons. The highest BCUT2D eigenvalue weighted by Crippen LogP contribution is 2.41. The summed E-state index contributed by atoms with van der Waals surface area (Å²) in [4.78, 5) is 27.5. The summed E-state index contributed by atoms with van der Waals surface area (Å²) in [5.41, 5.74) is 2.62. The molecule has 0 bridgehead atoms. The van der Waals surface area contributed by atoms with Crippen molar-refractivity contribution in [3.05, 3.63) is 58.9 Å². The van der Waals surface area contributed by atoms with Crippen molar-refractivity contribution < 1.29 is 28.2 Å². The smallest absolute Gasteiger partial charge is 0.328 e. The standard InChI is InChI=1S/C25H31FN2O5/c1-6-15(2)22(24(29)33-5)27-25(30)28-12-11-17-13-20(31-3)21(32-4)14-19(17)23(28)16-7-9-18(26)10-8-16/h7-10,13-15,22-23H,6,11-12H2,1-5H3,(H,27,30)/t15-,22-,23+/m0/s1. The summed E-state index contributed by atoms with van der Waals surface area (Å²) in [6.07, 6.45) is 1.29. The zero-order chi connectivity index (χ0) is 24.1. The van der Waals surface area contributed by atoms with Crippen LogP contribution in [0.1, 0.15) is 43.0 Å². The Labute approximate surface area is 193 Å². The van der Waals surface area contributed by atoms with E-state index in [4.69, 9.17) is 14.2 Å². The van der Waals surface area contributed by atoms with Gasteiger partial charge in [-0.3, -0.25) is 0 Å². The third-order valence-corrected chi connectivity index (χ3v) is 6.27. The summed E-state index contributed by atoms with van der Waals surface area (Å²) < 4.78 is 29.5. The summed E-state index contributed by atoms with van der Waals surface area (Å²) in [6.45, 7) is 4.25. The number of methoxy groups -OCH3 is 3. The number of ether oxygens (including phenoxy) is 3. The van der Waals surface area contributed by atoms with E-state index >= 15 is 0 Å². The van der Waals surface area contributed by atoms with Crippen LogP contribution in [0.3, 0.4) is 0 Å². The molecule has 33 heavy (non-hydrogen) atoms. The zero-order valence-electron chi connectivity index (χ0n) is 19.7. The molecule has 3 rings (SSSR count). The number of rotatable bonds is 7. The van der Waals surface area contributed by atoms with Crippen LogP contribution in [0.25, 0.3) is 0 Å². The number of carbonyl (C=O) groups excluding carboxylic acids is 2. The number of nitrogens with one attached hydrogen (secondary N) is 1. The molecular weight excluding hydrogens is 427 g/mol. The SMILES string of the molecule is CC[C@H](C)[C@H](NC(=O)N1CCc2cc(OC)c(OC)cc2[C@H]1c1ccc(F)cc1)C(=O)OC. The highest BCUT2D eigenvalue weighted by Gasteiger charge is 2.36. The normalized spacial score (nSPS) is 16.9. The second-order valence-corrected chi connectivity index (χ2v) is 8.14. The third kappa shape index (κ3) is 5.05. The molecule has 0 saturated carbocycles. The number of hydrogen-bond acceptors (Lipinski definition) is 5. The Morgan fingerprint density at radius 3 is 2.33 bits per heavy atom. The van der Waals surface area contributed by atoms with Gasteiger partial charge < -0.3 is 24.4 Å². The van der Waals surface area contributed by atoms with E-state index in [9.17, 15) is 14.0 Å². The van der Waals surface area contributed by atoms with Crippen LogP contribution in [0.2, 0.25) is 0 Å². The minimum atomic E-state index is -0.770. The van der Waals surface area contributed by atoms with Crippen molar-refractivity contribution in [3.63, 3.8) is 0 Å². The molecule has 2 aromatic rings. The number of amides is 2. The predicted octanol–water partition coefficient (Wildman–Crippen LogP) is 4.09. The van der Waals surface area contributed by atoms with E-state index in [1.807, 2.05) is 26.0 Å². The van der Waals surface area contributed by atoms with Crippen LogP contribution in [0.5, 0.6) is 11.5 Å². The first kappa shape index (κ1) is 24.4. The molecule has 0 saturated heterocycles. The number of fused-ring (bicyclic) bond motifs is 1. The van der Waals surface area contributed by atoms with E-state index in [0.29, 0.717) is 30.9 Å². The van der Waals surface area contributed by atoms with E-state index in [-0.39, 0.29) is 17.8 Å². The van der Waals surface area contributed by atoms with Crippen LogP contribution in [-0.2, 0) is 16.0 Å². The highest BCUT2D eigenvalue weighted by molar-refractivity contribution is 5.84. The summed E-state index contributed by atoms with van der Waals surface area (Å²) in [5, 5.41) is 2.86. The number of urea groups is 1. The van der Waals surface area contributed by atoms with Crippen molar-refractivity contribution in [2.45, 2.75) is 38.8 Å². The average Bonchev–Trinajstić information content (AvgIpc) is 2.85. The van der Waals surface area contributed by atoms with Gasteiger partial charge in [0.05, 0.1) is 27.4 Å². The topological polar surface area (TPSA) is 77.1 Å². The maximum absolute atomic E-state index is 13.7. The quantitative estimate of drug-likeness (QED) is 0.633. The fourth-order valence-electron chi connectivity index (χ4n) is 4.18. The average molecular weight is 459 g/mol. The monoisotopic (exact) mass is 458 g/mol. The number of carbonyl (C=O) groups is 2. The molecular formula is C25H31FN2O5. The molecule has 8 heteroatoms. The van der Waals surface area contributed by atoms with Gasteiger partial charge in [0.25, 0.3) is 0 Å². The Morgan fingerprint density at radius 1 is 1.12 bits per heavy atom. The van der Waals surface area contributed by atoms with E-state index in [2.05, 4.69) is 5.32 Å². The van der Waals surface area contributed by atoms with Crippen molar-refractivity contribution in [2.24, 2.45) is 5.92 Å². The molecule has 178 valence electrons. The van der Waals surface area contributed by atoms with Gasteiger partial charge in [-0.25, -0.2) is 14.0 Å². The molecule has 0 unspecified atom stereocenters. The fraction of sp³-hybridized carbons (Fsp3) is 0.440. The lowest BCUT2D eigenvalue weighted by Gasteiger charge is -2.39. The van der Waals surface area contributed by atoms with Crippen LogP contribution < -0.4 is 14.8 Å². The Hall–Kier alpha value is -3.29. The minimum Gasteiger partial charge on any atom is -0.493 e. The van der Waals surface area contributed by atoms with Crippen molar-refractivity contribution in [3.8, 4) is 11.5 Å². The van der Waals surface area contributed by atoms with Crippen LogP contribution in [0.4, 0.5) is 9.18 Å². The molecule has 0 fully saturated rings. The second-order valence-electron chi connectivity index (χ2n) is 8.14. The van der Waals surface area contributed by atoms with Gasteiger partial charge >= 0.3 is 12.0 Å². The van der Waals surface area contributed by atoms with Gasteiger partial charge in [0.2, 0.25) is 0 Å². The van der Waals surface area contributed by atoms with E-state index in [1.165, 1.54) is 19.2 Å². The van der Waals surface area contributed by atoms with Gasteiger partial charge in [-0.2, -0.15) is 0 Å². The van der Waals surface area contributed by atoms with Gasteiger partial charge in [-0.15, -0.1) is 0 Å². The van der Waals surface area contributed by atoms with E-state index < -0.39 is 18.1 Å². The lowest BCUT2D eigenvalue weighted by molar-refractivity contribution is -0.144. The Balaban J connectivity index is 2.04. The minimum absolute atomic E-state index is 0.105. The molecule has 1 aliphatic heterocycles. The third-order valence-electron chi connectivity index (χ3n) is 6.27. The van der Waals surface area contributed by atoms with E-state index in [1.54, 1.807) is 31.3 Å². The van der Waals surface area contributed by atoms with Gasteiger partial charge in [-0.1, -0.05) is 32.4 Å². The molecule has 0 spiro atoms. The van der Waals surface area contributed by atoms with Gasteiger partial charge in [0.1, 0.15) is 11.9 Å². The lowest BCUT2D eigenvalue weighted by Crippen LogP contribution is -2.53. The van der Waals surface area contributed by atoms with Crippen LogP contribution in [0, 0.1) is 11.7 Å². The molecule has 0 aromatic heterocycles. The molecule has 0 aliphatic carbocycles. The van der Waals surface area contributed by atoms with Crippen molar-refractivity contribution in [1.29, 1.82) is 0 Å². The zero-order valence-corrected chi connectivity index (χ0v) is 19.7. The predicted molar refractivity (Wildman–Crippen MR) is 122 cm³/mol. The van der Waals surface area contributed by atoms with Crippen LogP contribution in [-0.4, -0.2) is 50.8 Å². The summed E-state index contributed by atoms with van der Waals surface area (Å²) in [5.74, 6) is 0.194. The van der Waals surface area contributed by atoms with E-state index in [0.717, 1.165) is 16.7 Å². The fourth-order valence-corrected chi connectivity index (χ4v) is 4.18. The van der Waals surface area contributed by atoms with Crippen LogP contribution >= 0.6 is 0 Å². The maximum Gasteiger partial charge on any atom is 0.328 e. The molecule has 1 N–H and O–H groups in total. The molecule has 1 heterocycles. The molecule has 1 aliphatic rings. The number of nitrogens with zero attached hydrogens (tertiary/aromatic N) is 1. The number of benzene rings is 2. The van der Waals surface area contributed by atoms with Crippen molar-refractivity contribution >= 4 is 12.0 Å². The Kier molecular flexibility index (Phi) is 7.79. The second kappa shape index (κ2) is 10.6. The Morgan fingerprint density at radius 2 is 1.76 bits per heavy atom. The van der Waals surface area contributed by atoms with Crippen molar-refractivity contribution in [1.82, 2.24) is 10.2 Å². The number of hydrogen-bond donors (Lipinski definition) is 1. The number of esters is 1. The Bertz CT molecular complexity index is 995. The summed E-state index contributed by atoms with van der Waals surface area (Å²) >= 11 is 0. The lowest BCUT2D eigenvalue weighted by atomic mass is 9.87. The van der Waals surface area contributed by atoms with Crippen molar-refractivity contribution in [2.75, 3.05) is 27.9 Å². The first-order valence-electron chi connectivity index (χ1n) is 11.0. The molecule has 2 aromatic carbocycles.